The van der Waals surface area contributed by atoms with Crippen molar-refractivity contribution in [2.45, 2.75) is 32.0 Å². The van der Waals surface area contributed by atoms with Crippen molar-refractivity contribution in [2.24, 2.45) is 0 Å². The molecule has 0 aliphatic carbocycles. The molecule has 6 rings (SSSR count). The topological polar surface area (TPSA) is 34.6 Å². The molecule has 1 fully saturated rings. The molecule has 0 saturated carbocycles. The fraction of sp³-hybridized carbons (Fsp3) is 0.194. The van der Waals surface area contributed by atoms with E-state index in [1.54, 1.807) is 12.1 Å². The highest BCUT2D eigenvalue weighted by Crippen LogP contribution is 2.36. The molecule has 1 aliphatic rings. The summed E-state index contributed by atoms with van der Waals surface area (Å²) in [5.41, 5.74) is 4.85. The van der Waals surface area contributed by atoms with E-state index < -0.39 is 5.82 Å². The molecule has 0 amide bonds. The number of hydrogen-bond acceptors (Lipinski definition) is 4. The Labute approximate surface area is 255 Å². The number of piperidine rings is 1. The van der Waals surface area contributed by atoms with Crippen LogP contribution in [0, 0.1) is 11.6 Å². The number of hydrogen-bond donors (Lipinski definition) is 0. The third-order valence-electron chi connectivity index (χ3n) is 7.79. The van der Waals surface area contributed by atoms with Crippen LogP contribution in [-0.4, -0.2) is 18.1 Å². The van der Waals surface area contributed by atoms with Gasteiger partial charge in [0, 0.05) is 24.7 Å². The molecule has 7 heteroatoms. The second kappa shape index (κ2) is 13.3. The molecule has 4 nitrogen and oxygen atoms in total. The maximum absolute atomic E-state index is 15.6. The lowest BCUT2D eigenvalue weighted by atomic mass is 9.89. The Morgan fingerprint density at radius 1 is 0.721 bits per heavy atom. The van der Waals surface area contributed by atoms with Crippen LogP contribution < -0.4 is 14.4 Å². The molecule has 218 valence electrons. The first kappa shape index (κ1) is 28.7. The summed E-state index contributed by atoms with van der Waals surface area (Å²) in [4.78, 5) is 6.71. The zero-order valence-electron chi connectivity index (χ0n) is 23.6. The van der Waals surface area contributed by atoms with Gasteiger partial charge in [0.25, 0.3) is 0 Å². The van der Waals surface area contributed by atoms with Gasteiger partial charge in [0.1, 0.15) is 24.8 Å². The normalized spacial score (nSPS) is 13.6. The largest absolute Gasteiger partial charge is 0.473 e. The van der Waals surface area contributed by atoms with Crippen molar-refractivity contribution < 1.29 is 18.3 Å². The van der Waals surface area contributed by atoms with Crippen LogP contribution in [0.25, 0.3) is 11.1 Å². The minimum Gasteiger partial charge on any atom is -0.473 e. The molecule has 0 atom stereocenters. The Morgan fingerprint density at radius 2 is 1.40 bits per heavy atom. The monoisotopic (exact) mass is 596 g/mol. The summed E-state index contributed by atoms with van der Waals surface area (Å²) in [6, 6.07) is 33.6. The molecular weight excluding hydrogens is 566 g/mol. The number of benzene rings is 4. The van der Waals surface area contributed by atoms with Crippen molar-refractivity contribution in [3.8, 4) is 22.9 Å². The first-order valence-electron chi connectivity index (χ1n) is 14.4. The number of pyridine rings is 1. The molecule has 2 heterocycles. The van der Waals surface area contributed by atoms with Gasteiger partial charge >= 0.3 is 0 Å². The summed E-state index contributed by atoms with van der Waals surface area (Å²) in [6.07, 6.45) is 1.60. The third-order valence-corrected chi connectivity index (χ3v) is 8.10. The lowest BCUT2D eigenvalue weighted by Gasteiger charge is -2.34. The SMILES string of the molecule is Fc1cc(C2CCN(c3ccc(-c4ccc(OCc5ccccc5)nc4OCc4ccccc4)cc3F)CC2)ccc1Cl. The first-order chi connectivity index (χ1) is 21.0. The molecule has 0 radical (unpaired) electrons. The molecular formula is C36H31ClF2N2O2. The van der Waals surface area contributed by atoms with E-state index in [2.05, 4.69) is 4.98 Å². The summed E-state index contributed by atoms with van der Waals surface area (Å²) in [7, 11) is 0. The highest BCUT2D eigenvalue weighted by atomic mass is 35.5. The Kier molecular flexibility index (Phi) is 8.85. The van der Waals surface area contributed by atoms with Crippen LogP contribution in [0.2, 0.25) is 5.02 Å². The quantitative estimate of drug-likeness (QED) is 0.170. The lowest BCUT2D eigenvalue weighted by Crippen LogP contribution is -2.33. The van der Waals surface area contributed by atoms with Gasteiger partial charge in [0.2, 0.25) is 11.8 Å². The van der Waals surface area contributed by atoms with Crippen molar-refractivity contribution in [1.82, 2.24) is 4.98 Å². The van der Waals surface area contributed by atoms with E-state index in [1.807, 2.05) is 89.8 Å². The van der Waals surface area contributed by atoms with E-state index >= 15 is 4.39 Å². The van der Waals surface area contributed by atoms with E-state index in [-0.39, 0.29) is 16.8 Å². The predicted octanol–water partition coefficient (Wildman–Crippen LogP) is 9.22. The number of rotatable bonds is 9. The van der Waals surface area contributed by atoms with Gasteiger partial charge in [-0.05, 0) is 71.3 Å². The van der Waals surface area contributed by atoms with Gasteiger partial charge in [0.05, 0.1) is 10.7 Å². The van der Waals surface area contributed by atoms with E-state index in [4.69, 9.17) is 21.1 Å². The molecule has 1 aromatic heterocycles. The lowest BCUT2D eigenvalue weighted by molar-refractivity contribution is 0.268. The van der Waals surface area contributed by atoms with Gasteiger partial charge in [-0.2, -0.15) is 4.98 Å². The highest BCUT2D eigenvalue weighted by molar-refractivity contribution is 6.30. The van der Waals surface area contributed by atoms with Gasteiger partial charge in [-0.25, -0.2) is 8.78 Å². The summed E-state index contributed by atoms with van der Waals surface area (Å²) in [6.45, 7) is 2.03. The molecule has 43 heavy (non-hydrogen) atoms. The second-order valence-electron chi connectivity index (χ2n) is 10.7. The van der Waals surface area contributed by atoms with E-state index in [0.717, 1.165) is 29.5 Å². The van der Waals surface area contributed by atoms with Crippen molar-refractivity contribution in [3.05, 3.63) is 143 Å². The van der Waals surface area contributed by atoms with Crippen LogP contribution >= 0.6 is 11.6 Å². The summed E-state index contributed by atoms with van der Waals surface area (Å²) in [5, 5.41) is 0.126. The molecule has 4 aromatic carbocycles. The highest BCUT2D eigenvalue weighted by Gasteiger charge is 2.24. The van der Waals surface area contributed by atoms with Crippen molar-refractivity contribution in [2.75, 3.05) is 18.0 Å². The maximum atomic E-state index is 15.6. The summed E-state index contributed by atoms with van der Waals surface area (Å²) in [5.74, 6) is 0.296. The standard InChI is InChI=1S/C36H31ClF2N2O2/c37-31-14-11-28(21-32(31)38)27-17-19-41(20-18-27)34-15-12-29(22-33(34)39)30-13-16-35(42-23-25-7-3-1-4-8-25)40-36(30)43-24-26-9-5-2-6-10-26/h1-16,21-22,27H,17-20,23-24H2. The summed E-state index contributed by atoms with van der Waals surface area (Å²) < 4.78 is 41.7. The smallest absolute Gasteiger partial charge is 0.225 e. The second-order valence-corrected chi connectivity index (χ2v) is 11.1. The number of ether oxygens (including phenoxy) is 2. The molecule has 0 bridgehead atoms. The Bertz CT molecular complexity index is 1680. The molecule has 1 aliphatic heterocycles. The number of halogens is 3. The van der Waals surface area contributed by atoms with Crippen molar-refractivity contribution in [3.63, 3.8) is 0 Å². The van der Waals surface area contributed by atoms with E-state index in [1.165, 1.54) is 12.1 Å². The van der Waals surface area contributed by atoms with Crippen molar-refractivity contribution in [1.29, 1.82) is 0 Å². The Hall–Kier alpha value is -4.42. The number of nitrogens with zero attached hydrogens (tertiary/aromatic N) is 2. The van der Waals surface area contributed by atoms with Crippen LogP contribution in [0.4, 0.5) is 14.5 Å². The van der Waals surface area contributed by atoms with Crippen molar-refractivity contribution >= 4 is 17.3 Å². The van der Waals surface area contributed by atoms with Crippen LogP contribution in [0.3, 0.4) is 0 Å². The number of aromatic nitrogens is 1. The molecule has 0 N–H and O–H groups in total. The predicted molar refractivity (Wildman–Crippen MR) is 167 cm³/mol. The zero-order chi connectivity index (χ0) is 29.6. The number of anilines is 1. The third kappa shape index (κ3) is 6.98. The van der Waals surface area contributed by atoms with Crippen LogP contribution in [0.15, 0.2) is 109 Å². The first-order valence-corrected chi connectivity index (χ1v) is 14.8. The van der Waals surface area contributed by atoms with Gasteiger partial charge in [-0.15, -0.1) is 0 Å². The van der Waals surface area contributed by atoms with Gasteiger partial charge in [0.15, 0.2) is 0 Å². The fourth-order valence-electron chi connectivity index (χ4n) is 5.44. The maximum Gasteiger partial charge on any atom is 0.225 e. The molecule has 0 spiro atoms. The average Bonchev–Trinajstić information content (AvgIpc) is 3.05. The van der Waals surface area contributed by atoms with E-state index in [0.29, 0.717) is 54.9 Å². The molecule has 5 aromatic rings. The fourth-order valence-corrected chi connectivity index (χ4v) is 5.56. The zero-order valence-corrected chi connectivity index (χ0v) is 24.3. The van der Waals surface area contributed by atoms with Gasteiger partial charge in [-0.3, -0.25) is 0 Å². The Morgan fingerprint density at radius 3 is 2.05 bits per heavy atom. The minimum absolute atomic E-state index is 0.126. The molecule has 0 unspecified atom stereocenters. The average molecular weight is 597 g/mol. The van der Waals surface area contributed by atoms with Gasteiger partial charge < -0.3 is 14.4 Å². The van der Waals surface area contributed by atoms with Crippen LogP contribution in [0.5, 0.6) is 11.8 Å². The van der Waals surface area contributed by atoms with E-state index in [9.17, 15) is 4.39 Å². The minimum atomic E-state index is -0.402. The summed E-state index contributed by atoms with van der Waals surface area (Å²) >= 11 is 5.85. The van der Waals surface area contributed by atoms with Crippen LogP contribution in [-0.2, 0) is 13.2 Å². The Balaban J connectivity index is 1.19. The van der Waals surface area contributed by atoms with Gasteiger partial charge in [-0.1, -0.05) is 84.4 Å². The molecule has 1 saturated heterocycles. The van der Waals surface area contributed by atoms with Crippen LogP contribution in [0.1, 0.15) is 35.4 Å².